The summed E-state index contributed by atoms with van der Waals surface area (Å²) in [5, 5.41) is 0. The fourth-order valence-electron chi connectivity index (χ4n) is 2.51. The molecule has 0 aliphatic rings. The highest BCUT2D eigenvalue weighted by Gasteiger charge is 2.20. The summed E-state index contributed by atoms with van der Waals surface area (Å²) in [6.07, 6.45) is 1.85. The number of halogens is 2. The number of imidazole rings is 1. The van der Waals surface area contributed by atoms with E-state index < -0.39 is 0 Å². The molecule has 0 atom stereocenters. The van der Waals surface area contributed by atoms with Gasteiger partial charge in [0, 0.05) is 15.6 Å². The van der Waals surface area contributed by atoms with Gasteiger partial charge < -0.3 is 0 Å². The number of ketones is 1. The molecule has 0 amide bonds. The first-order chi connectivity index (χ1) is 11.5. The normalized spacial score (nSPS) is 10.8. The molecule has 0 bridgehead atoms. The van der Waals surface area contributed by atoms with Crippen molar-refractivity contribution < 1.29 is 13.8 Å². The van der Waals surface area contributed by atoms with Gasteiger partial charge >= 0.3 is 5.95 Å². The first-order valence-corrected chi connectivity index (χ1v) is 8.14. The highest BCUT2D eigenvalue weighted by atomic mass is 79.9. The summed E-state index contributed by atoms with van der Waals surface area (Å²) in [4.78, 5) is 12.4. The van der Waals surface area contributed by atoms with Gasteiger partial charge in [-0.15, -0.1) is 0 Å². The summed E-state index contributed by atoms with van der Waals surface area (Å²) in [6.45, 7) is 0.0990. The Labute approximate surface area is 147 Å². The van der Waals surface area contributed by atoms with Crippen LogP contribution in [0, 0.1) is 5.82 Å². The van der Waals surface area contributed by atoms with Crippen molar-refractivity contribution >= 4 is 27.7 Å². The van der Waals surface area contributed by atoms with E-state index in [0.29, 0.717) is 11.5 Å². The SMILES string of the molecule is Cn1c(-c2ccc(Br)cc2)c[n+](CC(=O)c2ccc(F)cc2)c1N. The van der Waals surface area contributed by atoms with Gasteiger partial charge in [-0.25, -0.2) is 13.5 Å². The highest BCUT2D eigenvalue weighted by molar-refractivity contribution is 9.10. The standard InChI is InChI=1S/C18H15BrFN3O/c1-22-16(12-2-6-14(19)7-3-12)10-23(18(22)21)11-17(24)13-4-8-15(20)9-5-13/h2-10,21H,11H2,1H3/p+1. The Morgan fingerprint density at radius 3 is 2.42 bits per heavy atom. The van der Waals surface area contributed by atoms with Gasteiger partial charge in [-0.3, -0.25) is 10.5 Å². The Morgan fingerprint density at radius 1 is 1.17 bits per heavy atom. The van der Waals surface area contributed by atoms with E-state index in [1.807, 2.05) is 42.1 Å². The van der Waals surface area contributed by atoms with E-state index in [2.05, 4.69) is 15.9 Å². The molecule has 2 aromatic carbocycles. The third kappa shape index (κ3) is 3.23. The zero-order valence-corrected chi connectivity index (χ0v) is 14.6. The molecule has 0 fully saturated rings. The lowest BCUT2D eigenvalue weighted by atomic mass is 10.1. The Balaban J connectivity index is 1.89. The molecule has 0 radical (unpaired) electrons. The van der Waals surface area contributed by atoms with Crippen LogP contribution in [0.1, 0.15) is 10.4 Å². The number of aromatic nitrogens is 2. The van der Waals surface area contributed by atoms with Crippen molar-refractivity contribution in [3.05, 3.63) is 70.6 Å². The number of carbonyl (C=O) groups excluding carboxylic acids is 1. The van der Waals surface area contributed by atoms with Crippen molar-refractivity contribution in [1.29, 1.82) is 0 Å². The maximum atomic E-state index is 13.0. The molecule has 1 aromatic heterocycles. The Bertz CT molecular complexity index is 886. The summed E-state index contributed by atoms with van der Waals surface area (Å²) in [5.74, 6) is -0.0148. The van der Waals surface area contributed by atoms with Crippen LogP contribution in [0.2, 0.25) is 0 Å². The number of benzene rings is 2. The molecule has 1 heterocycles. The lowest BCUT2D eigenvalue weighted by molar-refractivity contribution is -0.667. The van der Waals surface area contributed by atoms with Gasteiger partial charge in [-0.05, 0) is 36.4 Å². The smallest absolute Gasteiger partial charge is 0.291 e. The fourth-order valence-corrected chi connectivity index (χ4v) is 2.78. The van der Waals surface area contributed by atoms with E-state index in [-0.39, 0.29) is 18.1 Å². The lowest BCUT2D eigenvalue weighted by Crippen LogP contribution is -2.39. The van der Waals surface area contributed by atoms with Crippen LogP contribution in [-0.2, 0) is 13.6 Å². The molecule has 122 valence electrons. The van der Waals surface area contributed by atoms with Crippen LogP contribution >= 0.6 is 15.9 Å². The van der Waals surface area contributed by atoms with E-state index in [1.165, 1.54) is 24.3 Å². The molecular formula is C18H16BrFN3O+. The van der Waals surface area contributed by atoms with Crippen LogP contribution in [-0.4, -0.2) is 10.4 Å². The predicted octanol–water partition coefficient (Wildman–Crippen LogP) is 3.35. The maximum absolute atomic E-state index is 13.0. The van der Waals surface area contributed by atoms with Crippen molar-refractivity contribution in [2.75, 3.05) is 5.73 Å². The molecule has 0 saturated heterocycles. The van der Waals surface area contributed by atoms with Crippen LogP contribution in [0.25, 0.3) is 11.3 Å². The summed E-state index contributed by atoms with van der Waals surface area (Å²) < 4.78 is 17.5. The molecule has 4 nitrogen and oxygen atoms in total. The molecule has 3 aromatic rings. The second-order valence-corrected chi connectivity index (χ2v) is 6.41. The van der Waals surface area contributed by atoms with E-state index in [4.69, 9.17) is 5.73 Å². The Hall–Kier alpha value is -2.47. The monoisotopic (exact) mass is 388 g/mol. The van der Waals surface area contributed by atoms with E-state index in [1.54, 1.807) is 4.57 Å². The van der Waals surface area contributed by atoms with E-state index in [0.717, 1.165) is 15.7 Å². The maximum Gasteiger partial charge on any atom is 0.355 e. The summed E-state index contributed by atoms with van der Waals surface area (Å²) >= 11 is 3.41. The average molecular weight is 389 g/mol. The molecular weight excluding hydrogens is 373 g/mol. The number of anilines is 1. The van der Waals surface area contributed by atoms with Gasteiger partial charge in [0.15, 0.2) is 5.78 Å². The zero-order valence-electron chi connectivity index (χ0n) is 13.0. The lowest BCUT2D eigenvalue weighted by Gasteiger charge is -2.00. The first-order valence-electron chi connectivity index (χ1n) is 7.35. The van der Waals surface area contributed by atoms with Crippen LogP contribution in [0.5, 0.6) is 0 Å². The number of hydrogen-bond donors (Lipinski definition) is 1. The van der Waals surface area contributed by atoms with Crippen molar-refractivity contribution in [1.82, 2.24) is 4.57 Å². The van der Waals surface area contributed by atoms with Crippen molar-refractivity contribution in [2.24, 2.45) is 7.05 Å². The molecule has 3 rings (SSSR count). The average Bonchev–Trinajstić information content (AvgIpc) is 2.85. The van der Waals surface area contributed by atoms with Crippen molar-refractivity contribution in [2.45, 2.75) is 6.54 Å². The summed E-state index contributed by atoms with van der Waals surface area (Å²) in [6, 6.07) is 13.4. The Morgan fingerprint density at radius 2 is 1.79 bits per heavy atom. The molecule has 0 saturated carbocycles. The van der Waals surface area contributed by atoms with Crippen LogP contribution in [0.3, 0.4) is 0 Å². The van der Waals surface area contributed by atoms with Crippen LogP contribution in [0.15, 0.2) is 59.2 Å². The number of Topliss-reactive ketones (excluding diaryl/α,β-unsaturated/α-hetero) is 1. The van der Waals surface area contributed by atoms with E-state index >= 15 is 0 Å². The quantitative estimate of drug-likeness (QED) is 0.550. The van der Waals surface area contributed by atoms with Gasteiger partial charge in [0.2, 0.25) is 0 Å². The number of nitrogens with two attached hydrogens (primary N) is 1. The minimum atomic E-state index is -0.365. The van der Waals surface area contributed by atoms with Gasteiger partial charge in [-0.2, -0.15) is 0 Å². The first kappa shape index (κ1) is 16.4. The largest absolute Gasteiger partial charge is 0.355 e. The van der Waals surface area contributed by atoms with Crippen LogP contribution in [0.4, 0.5) is 10.3 Å². The minimum absolute atomic E-state index is 0.0990. The number of nitrogen functional groups attached to an aromatic ring is 1. The van der Waals surface area contributed by atoms with Gasteiger partial charge in [0.25, 0.3) is 0 Å². The van der Waals surface area contributed by atoms with Gasteiger partial charge in [0.05, 0.1) is 7.05 Å². The second kappa shape index (κ2) is 6.57. The number of carbonyl (C=O) groups is 1. The van der Waals surface area contributed by atoms with Crippen molar-refractivity contribution in [3.63, 3.8) is 0 Å². The topological polar surface area (TPSA) is 51.9 Å². The third-order valence-electron chi connectivity index (χ3n) is 3.90. The van der Waals surface area contributed by atoms with Gasteiger partial charge in [-0.1, -0.05) is 28.1 Å². The number of rotatable bonds is 4. The fraction of sp³-hybridized carbons (Fsp3) is 0.111. The Kier molecular flexibility index (Phi) is 4.49. The van der Waals surface area contributed by atoms with Gasteiger partial charge in [0.1, 0.15) is 24.3 Å². The minimum Gasteiger partial charge on any atom is -0.291 e. The molecule has 0 spiro atoms. The molecule has 2 N–H and O–H groups in total. The highest BCUT2D eigenvalue weighted by Crippen LogP contribution is 2.22. The molecule has 0 aliphatic carbocycles. The van der Waals surface area contributed by atoms with Crippen molar-refractivity contribution in [3.8, 4) is 11.3 Å². The predicted molar refractivity (Wildman–Crippen MR) is 93.9 cm³/mol. The second-order valence-electron chi connectivity index (χ2n) is 5.50. The molecule has 0 unspecified atom stereocenters. The summed E-state index contributed by atoms with van der Waals surface area (Å²) in [7, 11) is 1.85. The molecule has 6 heteroatoms. The third-order valence-corrected chi connectivity index (χ3v) is 4.43. The molecule has 24 heavy (non-hydrogen) atoms. The number of hydrogen-bond acceptors (Lipinski definition) is 2. The summed E-state index contributed by atoms with van der Waals surface area (Å²) in [5.41, 5.74) is 8.49. The van der Waals surface area contributed by atoms with E-state index in [9.17, 15) is 9.18 Å². The zero-order chi connectivity index (χ0) is 17.3. The van der Waals surface area contributed by atoms with Crippen LogP contribution < -0.4 is 10.3 Å². The number of nitrogens with zero attached hydrogens (tertiary/aromatic N) is 2. The molecule has 0 aliphatic heterocycles.